The number of nitrogens with one attached hydrogen (secondary N) is 2. The molecule has 0 radical (unpaired) electrons. The molecule has 0 aliphatic rings. The number of hydrogen-bond acceptors (Lipinski definition) is 2. The number of para-hydroxylation sites is 1. The first-order valence-electron chi connectivity index (χ1n) is 5.84. The van der Waals surface area contributed by atoms with E-state index in [1.54, 1.807) is 0 Å². The summed E-state index contributed by atoms with van der Waals surface area (Å²) in [5, 5.41) is 4.95. The third-order valence-electron chi connectivity index (χ3n) is 2.85. The zero-order valence-corrected chi connectivity index (χ0v) is 10.9. The van der Waals surface area contributed by atoms with Gasteiger partial charge in [0.1, 0.15) is 0 Å². The Hall–Kier alpha value is -1.52. The van der Waals surface area contributed by atoms with Gasteiger partial charge in [-0.05, 0) is 13.0 Å². The van der Waals surface area contributed by atoms with Crippen molar-refractivity contribution >= 4 is 28.4 Å². The lowest BCUT2D eigenvalue weighted by atomic mass is 10.2. The van der Waals surface area contributed by atoms with Crippen molar-refractivity contribution in [1.29, 1.82) is 0 Å². The van der Waals surface area contributed by atoms with Crippen LogP contribution in [0.5, 0.6) is 0 Å². The Morgan fingerprint density at radius 3 is 2.89 bits per heavy atom. The Bertz CT molecular complexity index is 564. The van der Waals surface area contributed by atoms with Gasteiger partial charge in [0.15, 0.2) is 0 Å². The Morgan fingerprint density at radius 1 is 1.50 bits per heavy atom. The second-order valence-electron chi connectivity index (χ2n) is 4.42. The number of carbonyl (C=O) groups excluding carboxylic acids is 1. The summed E-state index contributed by atoms with van der Waals surface area (Å²) < 4.78 is 0. The molecule has 0 aliphatic heterocycles. The van der Waals surface area contributed by atoms with Crippen molar-refractivity contribution < 1.29 is 4.79 Å². The molecular weight excluding hydrogens is 250 g/mol. The highest BCUT2D eigenvalue weighted by atomic mass is 35.5. The van der Waals surface area contributed by atoms with E-state index in [-0.39, 0.29) is 11.9 Å². The third kappa shape index (κ3) is 2.83. The summed E-state index contributed by atoms with van der Waals surface area (Å²) in [4.78, 5) is 14.0. The number of nitrogens with two attached hydrogens (primary N) is 1. The molecule has 4 nitrogen and oxygen atoms in total. The molecule has 96 valence electrons. The smallest absolute Gasteiger partial charge is 0.218 e. The van der Waals surface area contributed by atoms with Crippen LogP contribution in [-0.4, -0.2) is 16.9 Å². The first kappa shape index (κ1) is 12.9. The number of fused-ring (bicyclic) bond motifs is 1. The predicted molar refractivity (Wildman–Crippen MR) is 73.4 cm³/mol. The average Bonchev–Trinajstić information content (AvgIpc) is 2.64. The lowest BCUT2D eigenvalue weighted by Gasteiger charge is -2.10. The third-order valence-corrected chi connectivity index (χ3v) is 3.28. The molecule has 1 amide bonds. The van der Waals surface area contributed by atoms with Crippen LogP contribution >= 0.6 is 11.6 Å². The number of H-pyrrole nitrogens is 1. The number of halogens is 1. The summed E-state index contributed by atoms with van der Waals surface area (Å²) in [6.45, 7) is 2.50. The van der Waals surface area contributed by atoms with Crippen LogP contribution in [0.4, 0.5) is 0 Å². The molecule has 0 spiro atoms. The number of rotatable bonds is 5. The van der Waals surface area contributed by atoms with Crippen molar-refractivity contribution in [3.8, 4) is 0 Å². The maximum absolute atomic E-state index is 10.8. The summed E-state index contributed by atoms with van der Waals surface area (Å²) in [5.41, 5.74) is 7.08. The van der Waals surface area contributed by atoms with Crippen LogP contribution in [-0.2, 0) is 11.3 Å². The number of primary amides is 1. The summed E-state index contributed by atoms with van der Waals surface area (Å²) in [5.74, 6) is -0.308. The average molecular weight is 266 g/mol. The second kappa shape index (κ2) is 5.42. The van der Waals surface area contributed by atoms with Crippen molar-refractivity contribution in [2.45, 2.75) is 25.9 Å². The van der Waals surface area contributed by atoms with E-state index in [1.807, 2.05) is 31.2 Å². The van der Waals surface area contributed by atoms with E-state index < -0.39 is 0 Å². The minimum atomic E-state index is -0.308. The fraction of sp³-hybridized carbons (Fsp3) is 0.308. The van der Waals surface area contributed by atoms with E-state index in [9.17, 15) is 4.79 Å². The topological polar surface area (TPSA) is 70.9 Å². The molecule has 1 unspecified atom stereocenters. The summed E-state index contributed by atoms with van der Waals surface area (Å²) in [7, 11) is 0. The van der Waals surface area contributed by atoms with Crippen LogP contribution in [0.3, 0.4) is 0 Å². The molecule has 0 fully saturated rings. The molecule has 1 heterocycles. The van der Waals surface area contributed by atoms with Gasteiger partial charge in [-0.2, -0.15) is 0 Å². The molecule has 2 aromatic rings. The van der Waals surface area contributed by atoms with E-state index in [0.717, 1.165) is 21.6 Å². The first-order chi connectivity index (χ1) is 8.58. The van der Waals surface area contributed by atoms with E-state index >= 15 is 0 Å². The van der Waals surface area contributed by atoms with Crippen molar-refractivity contribution in [3.63, 3.8) is 0 Å². The predicted octanol–water partition coefficient (Wildman–Crippen LogP) is 2.17. The molecule has 4 N–H and O–H groups in total. The largest absolute Gasteiger partial charge is 0.370 e. The maximum Gasteiger partial charge on any atom is 0.218 e. The molecule has 2 rings (SSSR count). The van der Waals surface area contributed by atoms with Crippen molar-refractivity contribution in [2.24, 2.45) is 5.73 Å². The number of benzene rings is 1. The molecule has 1 atom stereocenters. The minimum Gasteiger partial charge on any atom is -0.370 e. The molecule has 0 saturated carbocycles. The zero-order valence-electron chi connectivity index (χ0n) is 10.2. The zero-order chi connectivity index (χ0) is 13.1. The normalized spacial score (nSPS) is 12.8. The van der Waals surface area contributed by atoms with Gasteiger partial charge in [0.25, 0.3) is 0 Å². The van der Waals surface area contributed by atoms with Gasteiger partial charge in [-0.3, -0.25) is 4.79 Å². The summed E-state index contributed by atoms with van der Waals surface area (Å²) in [6.07, 6.45) is 0.317. The van der Waals surface area contributed by atoms with Crippen LogP contribution in [0.1, 0.15) is 19.0 Å². The van der Waals surface area contributed by atoms with Gasteiger partial charge in [0.2, 0.25) is 5.91 Å². The van der Waals surface area contributed by atoms with Crippen LogP contribution < -0.4 is 11.1 Å². The van der Waals surface area contributed by atoms with Gasteiger partial charge in [0, 0.05) is 35.6 Å². The molecule has 1 aromatic carbocycles. The minimum absolute atomic E-state index is 0.0324. The van der Waals surface area contributed by atoms with Gasteiger partial charge in [-0.25, -0.2) is 0 Å². The van der Waals surface area contributed by atoms with Gasteiger partial charge in [-0.15, -0.1) is 0 Å². The standard InChI is InChI=1S/C13H16ClN3O/c1-8(6-12(15)18)16-7-11-13(14)9-4-2-3-5-10(9)17-11/h2-5,8,16-17H,6-7H2,1H3,(H2,15,18). The Morgan fingerprint density at radius 2 is 2.22 bits per heavy atom. The number of carbonyl (C=O) groups is 1. The molecule has 0 aliphatic carbocycles. The summed E-state index contributed by atoms with van der Waals surface area (Å²) in [6, 6.07) is 7.91. The monoisotopic (exact) mass is 265 g/mol. The van der Waals surface area contributed by atoms with E-state index in [2.05, 4.69) is 10.3 Å². The van der Waals surface area contributed by atoms with Gasteiger partial charge in [0.05, 0.1) is 5.02 Å². The van der Waals surface area contributed by atoms with Crippen molar-refractivity contribution in [1.82, 2.24) is 10.3 Å². The Labute approximate surface area is 111 Å². The van der Waals surface area contributed by atoms with Crippen molar-refractivity contribution in [2.75, 3.05) is 0 Å². The van der Waals surface area contributed by atoms with Crippen LogP contribution in [0, 0.1) is 0 Å². The molecule has 0 saturated heterocycles. The van der Waals surface area contributed by atoms with Crippen LogP contribution in [0.25, 0.3) is 10.9 Å². The lowest BCUT2D eigenvalue weighted by molar-refractivity contribution is -0.118. The maximum atomic E-state index is 10.8. The number of aromatic nitrogens is 1. The summed E-state index contributed by atoms with van der Waals surface area (Å²) >= 11 is 6.28. The lowest BCUT2D eigenvalue weighted by Crippen LogP contribution is -2.30. The van der Waals surface area contributed by atoms with E-state index in [0.29, 0.717) is 13.0 Å². The fourth-order valence-corrected chi connectivity index (χ4v) is 2.21. The molecule has 1 aromatic heterocycles. The highest BCUT2D eigenvalue weighted by molar-refractivity contribution is 6.36. The van der Waals surface area contributed by atoms with Gasteiger partial charge >= 0.3 is 0 Å². The first-order valence-corrected chi connectivity index (χ1v) is 6.22. The highest BCUT2D eigenvalue weighted by Crippen LogP contribution is 2.26. The number of amides is 1. The Balaban J connectivity index is 2.08. The molecule has 18 heavy (non-hydrogen) atoms. The number of aromatic amines is 1. The van der Waals surface area contributed by atoms with Crippen LogP contribution in [0.2, 0.25) is 5.02 Å². The highest BCUT2D eigenvalue weighted by Gasteiger charge is 2.10. The molecule has 0 bridgehead atoms. The second-order valence-corrected chi connectivity index (χ2v) is 4.79. The fourth-order valence-electron chi connectivity index (χ4n) is 1.94. The van der Waals surface area contributed by atoms with Gasteiger partial charge in [-0.1, -0.05) is 29.8 Å². The van der Waals surface area contributed by atoms with Gasteiger partial charge < -0.3 is 16.0 Å². The quantitative estimate of drug-likeness (QED) is 0.775. The number of hydrogen-bond donors (Lipinski definition) is 3. The van der Waals surface area contributed by atoms with Crippen molar-refractivity contribution in [3.05, 3.63) is 35.0 Å². The Kier molecular flexibility index (Phi) is 3.89. The van der Waals surface area contributed by atoms with Crippen LogP contribution in [0.15, 0.2) is 24.3 Å². The van der Waals surface area contributed by atoms with E-state index in [1.165, 1.54) is 0 Å². The SMILES string of the molecule is CC(CC(N)=O)NCc1[nH]c2ccccc2c1Cl. The molecule has 5 heteroatoms. The molecular formula is C13H16ClN3O. The van der Waals surface area contributed by atoms with E-state index in [4.69, 9.17) is 17.3 Å².